The molecule has 8 heteroatoms. The highest BCUT2D eigenvalue weighted by atomic mass is 19.1. The fourth-order valence-corrected chi connectivity index (χ4v) is 2.54. The van der Waals surface area contributed by atoms with Gasteiger partial charge in [0.1, 0.15) is 0 Å². The van der Waals surface area contributed by atoms with E-state index in [-0.39, 0.29) is 0 Å². The van der Waals surface area contributed by atoms with Gasteiger partial charge in [0.05, 0.1) is 24.8 Å². The topological polar surface area (TPSA) is 58.0 Å². The number of halogens is 2. The zero-order chi connectivity index (χ0) is 15.5. The van der Waals surface area contributed by atoms with Crippen molar-refractivity contribution in [1.29, 1.82) is 0 Å². The molecule has 116 valence electrons. The van der Waals surface area contributed by atoms with Crippen molar-refractivity contribution in [3.63, 3.8) is 0 Å². The molecule has 1 aliphatic heterocycles. The summed E-state index contributed by atoms with van der Waals surface area (Å²) in [5.74, 6) is 0.427. The second kappa shape index (κ2) is 6.17. The molecule has 0 aromatic carbocycles. The summed E-state index contributed by atoms with van der Waals surface area (Å²) in [5.41, 5.74) is 0. The van der Waals surface area contributed by atoms with Crippen LogP contribution in [0.1, 0.15) is 6.92 Å². The normalized spacial score (nSPS) is 16.7. The fourth-order valence-electron chi connectivity index (χ4n) is 2.54. The Morgan fingerprint density at radius 3 is 1.55 bits per heavy atom. The average Bonchev–Trinajstić information content (AvgIpc) is 2.71. The Bertz CT molecular complexity index is 563. The maximum absolute atomic E-state index is 12.9. The SMILES string of the molecule is CC1CN(c2ncc(F)cn2)CCN(c2ncc(F)cn2)C1. The smallest absolute Gasteiger partial charge is 0.225 e. The van der Waals surface area contributed by atoms with E-state index in [0.717, 1.165) is 13.1 Å². The quantitative estimate of drug-likeness (QED) is 0.838. The second-order valence-electron chi connectivity index (χ2n) is 5.40. The van der Waals surface area contributed by atoms with Crippen LogP contribution in [0, 0.1) is 17.6 Å². The van der Waals surface area contributed by atoms with Crippen molar-refractivity contribution in [2.75, 3.05) is 36.0 Å². The van der Waals surface area contributed by atoms with Crippen LogP contribution < -0.4 is 9.80 Å². The predicted molar refractivity (Wildman–Crippen MR) is 77.6 cm³/mol. The van der Waals surface area contributed by atoms with E-state index >= 15 is 0 Å². The molecule has 3 heterocycles. The van der Waals surface area contributed by atoms with Crippen molar-refractivity contribution in [2.24, 2.45) is 5.92 Å². The molecule has 0 radical (unpaired) electrons. The Labute approximate surface area is 126 Å². The van der Waals surface area contributed by atoms with Crippen LogP contribution in [0.25, 0.3) is 0 Å². The lowest BCUT2D eigenvalue weighted by Crippen LogP contribution is -2.32. The van der Waals surface area contributed by atoms with Crippen molar-refractivity contribution < 1.29 is 8.78 Å². The van der Waals surface area contributed by atoms with Crippen LogP contribution in [-0.2, 0) is 0 Å². The Morgan fingerprint density at radius 1 is 0.818 bits per heavy atom. The molecule has 3 rings (SSSR count). The number of nitrogens with zero attached hydrogens (tertiary/aromatic N) is 6. The van der Waals surface area contributed by atoms with Gasteiger partial charge in [-0.15, -0.1) is 0 Å². The highest BCUT2D eigenvalue weighted by Gasteiger charge is 2.23. The van der Waals surface area contributed by atoms with E-state index in [2.05, 4.69) is 26.9 Å². The summed E-state index contributed by atoms with van der Waals surface area (Å²) in [6.07, 6.45) is 4.66. The van der Waals surface area contributed by atoms with E-state index < -0.39 is 11.6 Å². The van der Waals surface area contributed by atoms with Crippen LogP contribution in [0.15, 0.2) is 24.8 Å². The van der Waals surface area contributed by atoms with Gasteiger partial charge in [0.2, 0.25) is 11.9 Å². The van der Waals surface area contributed by atoms with E-state index in [4.69, 9.17) is 0 Å². The van der Waals surface area contributed by atoms with E-state index in [0.29, 0.717) is 30.9 Å². The summed E-state index contributed by atoms with van der Waals surface area (Å²) in [4.78, 5) is 20.1. The van der Waals surface area contributed by atoms with Crippen molar-refractivity contribution in [1.82, 2.24) is 19.9 Å². The molecular formula is C14H16F2N6. The van der Waals surface area contributed by atoms with Gasteiger partial charge in [0, 0.05) is 26.2 Å². The van der Waals surface area contributed by atoms with Crippen molar-refractivity contribution in [3.05, 3.63) is 36.4 Å². The first-order valence-electron chi connectivity index (χ1n) is 7.07. The fraction of sp³-hybridized carbons (Fsp3) is 0.429. The van der Waals surface area contributed by atoms with Crippen LogP contribution in [0.5, 0.6) is 0 Å². The number of hydrogen-bond donors (Lipinski definition) is 0. The van der Waals surface area contributed by atoms with Gasteiger partial charge in [-0.25, -0.2) is 28.7 Å². The standard InChI is InChI=1S/C14H16F2N6/c1-10-8-21(13-17-4-11(15)5-18-13)2-3-22(9-10)14-19-6-12(16)7-20-14/h4-7,10H,2-3,8-9H2,1H3. The summed E-state index contributed by atoms with van der Waals surface area (Å²) in [6, 6.07) is 0. The summed E-state index contributed by atoms with van der Waals surface area (Å²) < 4.78 is 25.9. The molecule has 0 saturated carbocycles. The van der Waals surface area contributed by atoms with E-state index in [1.807, 2.05) is 9.80 Å². The van der Waals surface area contributed by atoms with E-state index in [9.17, 15) is 8.78 Å². The maximum Gasteiger partial charge on any atom is 0.225 e. The molecule has 2 aromatic heterocycles. The minimum Gasteiger partial charge on any atom is -0.339 e. The highest BCUT2D eigenvalue weighted by molar-refractivity contribution is 5.35. The third-order valence-electron chi connectivity index (χ3n) is 3.48. The van der Waals surface area contributed by atoms with Gasteiger partial charge in [-0.05, 0) is 5.92 Å². The third-order valence-corrected chi connectivity index (χ3v) is 3.48. The van der Waals surface area contributed by atoms with Crippen molar-refractivity contribution >= 4 is 11.9 Å². The maximum atomic E-state index is 12.9. The minimum atomic E-state index is -0.451. The molecule has 0 bridgehead atoms. The highest BCUT2D eigenvalue weighted by Crippen LogP contribution is 2.17. The molecule has 1 fully saturated rings. The molecule has 1 aliphatic rings. The Morgan fingerprint density at radius 2 is 1.18 bits per heavy atom. The third kappa shape index (κ3) is 3.26. The predicted octanol–water partition coefficient (Wildman–Crippen LogP) is 1.51. The summed E-state index contributed by atoms with van der Waals surface area (Å²) in [7, 11) is 0. The molecular weight excluding hydrogens is 290 g/mol. The minimum absolute atomic E-state index is 0.310. The molecule has 0 N–H and O–H groups in total. The van der Waals surface area contributed by atoms with Crippen LogP contribution in [0.3, 0.4) is 0 Å². The van der Waals surface area contributed by atoms with E-state index in [1.165, 1.54) is 24.8 Å². The van der Waals surface area contributed by atoms with Gasteiger partial charge >= 0.3 is 0 Å². The first-order chi connectivity index (χ1) is 10.6. The van der Waals surface area contributed by atoms with Gasteiger partial charge in [-0.2, -0.15) is 0 Å². The second-order valence-corrected chi connectivity index (χ2v) is 5.40. The summed E-state index contributed by atoms with van der Waals surface area (Å²) in [6.45, 7) is 4.93. The number of anilines is 2. The lowest BCUT2D eigenvalue weighted by Gasteiger charge is -2.21. The first kappa shape index (κ1) is 14.6. The van der Waals surface area contributed by atoms with Gasteiger partial charge in [0.15, 0.2) is 11.6 Å². The van der Waals surface area contributed by atoms with Crippen LogP contribution in [0.4, 0.5) is 20.7 Å². The van der Waals surface area contributed by atoms with Crippen LogP contribution in [0.2, 0.25) is 0 Å². The molecule has 0 atom stereocenters. The largest absolute Gasteiger partial charge is 0.339 e. The van der Waals surface area contributed by atoms with Gasteiger partial charge in [-0.1, -0.05) is 6.92 Å². The van der Waals surface area contributed by atoms with Crippen LogP contribution >= 0.6 is 0 Å². The van der Waals surface area contributed by atoms with E-state index in [1.54, 1.807) is 0 Å². The monoisotopic (exact) mass is 306 g/mol. The molecule has 1 saturated heterocycles. The van der Waals surface area contributed by atoms with Crippen LogP contribution in [-0.4, -0.2) is 46.1 Å². The van der Waals surface area contributed by atoms with Gasteiger partial charge in [-0.3, -0.25) is 0 Å². The van der Waals surface area contributed by atoms with Crippen molar-refractivity contribution in [2.45, 2.75) is 6.92 Å². The number of aromatic nitrogens is 4. The summed E-state index contributed by atoms with van der Waals surface area (Å²) in [5, 5.41) is 0. The zero-order valence-electron chi connectivity index (χ0n) is 12.2. The molecule has 6 nitrogen and oxygen atoms in total. The first-order valence-corrected chi connectivity index (χ1v) is 7.07. The lowest BCUT2D eigenvalue weighted by atomic mass is 10.1. The average molecular weight is 306 g/mol. The lowest BCUT2D eigenvalue weighted by molar-refractivity contribution is 0.578. The Kier molecular flexibility index (Phi) is 4.08. The molecule has 2 aromatic rings. The molecule has 0 amide bonds. The molecule has 22 heavy (non-hydrogen) atoms. The summed E-state index contributed by atoms with van der Waals surface area (Å²) >= 11 is 0. The number of rotatable bonds is 2. The zero-order valence-corrected chi connectivity index (χ0v) is 12.2. The van der Waals surface area contributed by atoms with Gasteiger partial charge in [0.25, 0.3) is 0 Å². The molecule has 0 spiro atoms. The van der Waals surface area contributed by atoms with Crippen molar-refractivity contribution in [3.8, 4) is 0 Å². The molecule has 0 unspecified atom stereocenters. The number of hydrogen-bond acceptors (Lipinski definition) is 6. The Hall–Kier alpha value is -2.38. The van der Waals surface area contributed by atoms with Gasteiger partial charge < -0.3 is 9.80 Å². The molecule has 0 aliphatic carbocycles. The Balaban J connectivity index is 1.75.